The molecule has 3 rings (SSSR count). The van der Waals surface area contributed by atoms with Gasteiger partial charge in [0.15, 0.2) is 11.0 Å². The molecule has 0 radical (unpaired) electrons. The highest BCUT2D eigenvalue weighted by Crippen LogP contribution is 2.23. The number of hydrogen-bond donors (Lipinski definition) is 2. The fourth-order valence-electron chi connectivity index (χ4n) is 2.67. The maximum absolute atomic E-state index is 12.4. The standard InChI is InChI=1S/C16H17ClN4O2/c17-14-7-8-15(20-19-14)21-9-1-2-11(10-21)16(23)18-12-3-5-13(22)6-4-12/h3-8,11,22H,1-2,9-10H2,(H,18,23). The van der Waals surface area contributed by atoms with Crippen LogP contribution in [0, 0.1) is 5.92 Å². The second kappa shape index (κ2) is 6.83. The maximum atomic E-state index is 12.4. The van der Waals surface area contributed by atoms with Crippen LogP contribution in [-0.2, 0) is 4.79 Å². The van der Waals surface area contributed by atoms with E-state index >= 15 is 0 Å². The maximum Gasteiger partial charge on any atom is 0.229 e. The third-order valence-corrected chi connectivity index (χ3v) is 4.07. The lowest BCUT2D eigenvalue weighted by atomic mass is 9.97. The molecule has 1 amide bonds. The number of anilines is 2. The summed E-state index contributed by atoms with van der Waals surface area (Å²) in [6, 6.07) is 9.97. The number of nitrogens with zero attached hydrogens (tertiary/aromatic N) is 3. The summed E-state index contributed by atoms with van der Waals surface area (Å²) in [4.78, 5) is 14.5. The van der Waals surface area contributed by atoms with Crippen molar-refractivity contribution in [2.45, 2.75) is 12.8 Å². The van der Waals surface area contributed by atoms with Crippen LogP contribution in [-0.4, -0.2) is 34.3 Å². The first-order valence-corrected chi connectivity index (χ1v) is 7.84. The van der Waals surface area contributed by atoms with Gasteiger partial charge in [-0.15, -0.1) is 10.2 Å². The van der Waals surface area contributed by atoms with Crippen LogP contribution < -0.4 is 10.2 Å². The summed E-state index contributed by atoms with van der Waals surface area (Å²) in [5, 5.41) is 20.4. The molecular formula is C16H17ClN4O2. The second-order valence-corrected chi connectivity index (χ2v) is 5.92. The number of hydrogen-bond acceptors (Lipinski definition) is 5. The third-order valence-electron chi connectivity index (χ3n) is 3.87. The Hall–Kier alpha value is -2.34. The molecule has 23 heavy (non-hydrogen) atoms. The molecule has 1 aliphatic heterocycles. The van der Waals surface area contributed by atoms with Gasteiger partial charge in [-0.05, 0) is 49.2 Å². The molecule has 1 aromatic carbocycles. The van der Waals surface area contributed by atoms with Gasteiger partial charge in [-0.3, -0.25) is 4.79 Å². The smallest absolute Gasteiger partial charge is 0.229 e. The largest absolute Gasteiger partial charge is 0.508 e. The van der Waals surface area contributed by atoms with E-state index in [9.17, 15) is 9.90 Å². The Morgan fingerprint density at radius 1 is 1.22 bits per heavy atom. The van der Waals surface area contributed by atoms with E-state index in [0.29, 0.717) is 17.4 Å². The Kier molecular flexibility index (Phi) is 4.62. The number of aromatic nitrogens is 2. The minimum Gasteiger partial charge on any atom is -0.508 e. The van der Waals surface area contributed by atoms with Gasteiger partial charge in [-0.1, -0.05) is 11.6 Å². The second-order valence-electron chi connectivity index (χ2n) is 5.54. The molecule has 120 valence electrons. The Bertz CT molecular complexity index is 675. The quantitative estimate of drug-likeness (QED) is 0.845. The van der Waals surface area contributed by atoms with Crippen LogP contribution in [0.25, 0.3) is 0 Å². The highest BCUT2D eigenvalue weighted by molar-refractivity contribution is 6.29. The van der Waals surface area contributed by atoms with E-state index in [1.807, 2.05) is 11.0 Å². The molecule has 1 aliphatic rings. The average Bonchev–Trinajstić information content (AvgIpc) is 2.58. The molecule has 1 aromatic heterocycles. The first-order chi connectivity index (χ1) is 11.1. The van der Waals surface area contributed by atoms with Gasteiger partial charge < -0.3 is 15.3 Å². The molecule has 1 saturated heterocycles. The number of benzene rings is 1. The zero-order chi connectivity index (χ0) is 16.2. The van der Waals surface area contributed by atoms with Gasteiger partial charge in [0.2, 0.25) is 5.91 Å². The van der Waals surface area contributed by atoms with Gasteiger partial charge in [0, 0.05) is 18.8 Å². The number of carbonyl (C=O) groups is 1. The van der Waals surface area contributed by atoms with Crippen molar-refractivity contribution < 1.29 is 9.90 Å². The first-order valence-electron chi connectivity index (χ1n) is 7.46. The van der Waals surface area contributed by atoms with Gasteiger partial charge in [0.1, 0.15) is 5.75 Å². The molecule has 0 saturated carbocycles. The molecule has 2 N–H and O–H groups in total. The van der Waals surface area contributed by atoms with Crippen molar-refractivity contribution in [2.24, 2.45) is 5.92 Å². The van der Waals surface area contributed by atoms with Crippen molar-refractivity contribution in [3.8, 4) is 5.75 Å². The van der Waals surface area contributed by atoms with Crippen molar-refractivity contribution in [1.82, 2.24) is 10.2 Å². The number of amides is 1. The Morgan fingerprint density at radius 3 is 2.70 bits per heavy atom. The van der Waals surface area contributed by atoms with Crippen LogP contribution in [0.3, 0.4) is 0 Å². The Labute approximate surface area is 139 Å². The molecule has 0 aliphatic carbocycles. The zero-order valence-electron chi connectivity index (χ0n) is 12.4. The summed E-state index contributed by atoms with van der Waals surface area (Å²) in [6.45, 7) is 1.44. The van der Waals surface area contributed by atoms with Gasteiger partial charge in [0.05, 0.1) is 5.92 Å². The topological polar surface area (TPSA) is 78.4 Å². The summed E-state index contributed by atoms with van der Waals surface area (Å²) in [5.41, 5.74) is 0.677. The number of phenolic OH excluding ortho intramolecular Hbond substituents is 1. The van der Waals surface area contributed by atoms with Gasteiger partial charge in [-0.25, -0.2) is 0 Å². The lowest BCUT2D eigenvalue weighted by molar-refractivity contribution is -0.120. The minimum atomic E-state index is -0.116. The molecule has 2 aromatic rings. The number of nitrogens with one attached hydrogen (secondary N) is 1. The van der Waals surface area contributed by atoms with Crippen molar-refractivity contribution in [2.75, 3.05) is 23.3 Å². The van der Waals surface area contributed by atoms with E-state index in [1.165, 1.54) is 0 Å². The number of aromatic hydroxyl groups is 1. The van der Waals surface area contributed by atoms with Crippen molar-refractivity contribution in [3.05, 3.63) is 41.6 Å². The van der Waals surface area contributed by atoms with E-state index in [-0.39, 0.29) is 17.6 Å². The Balaban J connectivity index is 1.64. The fraction of sp³-hybridized carbons (Fsp3) is 0.312. The van der Waals surface area contributed by atoms with E-state index in [2.05, 4.69) is 15.5 Å². The Morgan fingerprint density at radius 2 is 2.00 bits per heavy atom. The van der Waals surface area contributed by atoms with Crippen molar-refractivity contribution >= 4 is 29.0 Å². The predicted molar refractivity (Wildman–Crippen MR) is 88.7 cm³/mol. The molecular weight excluding hydrogens is 316 g/mol. The van der Waals surface area contributed by atoms with Gasteiger partial charge in [-0.2, -0.15) is 0 Å². The van der Waals surface area contributed by atoms with E-state index in [1.54, 1.807) is 30.3 Å². The lowest BCUT2D eigenvalue weighted by Crippen LogP contribution is -2.41. The monoisotopic (exact) mass is 332 g/mol. The number of carbonyl (C=O) groups excluding carboxylic acids is 1. The lowest BCUT2D eigenvalue weighted by Gasteiger charge is -2.32. The minimum absolute atomic E-state index is 0.0256. The molecule has 6 nitrogen and oxygen atoms in total. The van der Waals surface area contributed by atoms with Crippen LogP contribution in [0.4, 0.5) is 11.5 Å². The SMILES string of the molecule is O=C(Nc1ccc(O)cc1)C1CCCN(c2ccc(Cl)nn2)C1. The number of piperidine rings is 1. The van der Waals surface area contributed by atoms with Crippen LogP contribution in [0.2, 0.25) is 5.15 Å². The predicted octanol–water partition coefficient (Wildman–Crippen LogP) is 2.69. The molecule has 1 fully saturated rings. The molecule has 0 bridgehead atoms. The summed E-state index contributed by atoms with van der Waals surface area (Å²) in [6.07, 6.45) is 1.75. The van der Waals surface area contributed by atoms with Crippen LogP contribution in [0.1, 0.15) is 12.8 Å². The highest BCUT2D eigenvalue weighted by atomic mass is 35.5. The first kappa shape index (κ1) is 15.6. The van der Waals surface area contributed by atoms with E-state index in [4.69, 9.17) is 11.6 Å². The van der Waals surface area contributed by atoms with Crippen molar-refractivity contribution in [3.63, 3.8) is 0 Å². The van der Waals surface area contributed by atoms with E-state index < -0.39 is 0 Å². The molecule has 0 spiro atoms. The number of rotatable bonds is 3. The van der Waals surface area contributed by atoms with Crippen LogP contribution in [0.5, 0.6) is 5.75 Å². The number of phenols is 1. The summed E-state index contributed by atoms with van der Waals surface area (Å²) >= 11 is 5.76. The fourth-order valence-corrected chi connectivity index (χ4v) is 2.77. The highest BCUT2D eigenvalue weighted by Gasteiger charge is 2.26. The number of halogens is 1. The van der Waals surface area contributed by atoms with E-state index in [0.717, 1.165) is 25.2 Å². The summed E-state index contributed by atoms with van der Waals surface area (Å²) in [5.74, 6) is 0.766. The van der Waals surface area contributed by atoms with Gasteiger partial charge in [0.25, 0.3) is 0 Å². The molecule has 2 heterocycles. The molecule has 1 atom stereocenters. The zero-order valence-corrected chi connectivity index (χ0v) is 13.2. The van der Waals surface area contributed by atoms with Crippen molar-refractivity contribution in [1.29, 1.82) is 0 Å². The van der Waals surface area contributed by atoms with Crippen LogP contribution in [0.15, 0.2) is 36.4 Å². The summed E-state index contributed by atoms with van der Waals surface area (Å²) in [7, 11) is 0. The third kappa shape index (κ3) is 3.90. The average molecular weight is 333 g/mol. The normalized spacial score (nSPS) is 17.8. The van der Waals surface area contributed by atoms with Gasteiger partial charge >= 0.3 is 0 Å². The van der Waals surface area contributed by atoms with Crippen LogP contribution >= 0.6 is 11.6 Å². The summed E-state index contributed by atoms with van der Waals surface area (Å²) < 4.78 is 0. The molecule has 7 heteroatoms. The molecule has 1 unspecified atom stereocenters.